The molecule has 0 aliphatic rings. The average Bonchev–Trinajstić information content (AvgIpc) is 4.06. The molecule has 0 aliphatic carbocycles. The van der Waals surface area contributed by atoms with Crippen molar-refractivity contribution in [2.75, 3.05) is 9.80 Å². The fourth-order valence-corrected chi connectivity index (χ4v) is 10.3. The summed E-state index contributed by atoms with van der Waals surface area (Å²) >= 11 is 3.43. The molecule has 288 valence electrons. The first-order chi connectivity index (χ1) is 30.2. The van der Waals surface area contributed by atoms with Gasteiger partial charge in [0.1, 0.15) is 21.2 Å². The number of hydrogen-bond donors (Lipinski definition) is 0. The van der Waals surface area contributed by atoms with E-state index in [1.165, 1.54) is 9.40 Å². The summed E-state index contributed by atoms with van der Waals surface area (Å²) in [5.41, 5.74) is 12.1. The Kier molecular flexibility index (Phi) is 8.43. The highest BCUT2D eigenvalue weighted by atomic mass is 32.1. The number of hydrogen-bond acceptors (Lipinski definition) is 8. The minimum absolute atomic E-state index is 0.822. The summed E-state index contributed by atoms with van der Waals surface area (Å²) in [5, 5.41) is 6.47. The Morgan fingerprint density at radius 1 is 0.410 bits per heavy atom. The van der Waals surface area contributed by atoms with Crippen molar-refractivity contribution in [3.63, 3.8) is 0 Å². The van der Waals surface area contributed by atoms with Crippen molar-refractivity contribution in [1.29, 1.82) is 0 Å². The molecule has 0 saturated heterocycles. The number of nitrogens with zero attached hydrogens (tertiary/aromatic N) is 5. The lowest BCUT2D eigenvalue weighted by atomic mass is 10.0. The monoisotopic (exact) mass is 819 g/mol. The van der Waals surface area contributed by atoms with Crippen molar-refractivity contribution in [2.24, 2.45) is 0 Å². The van der Waals surface area contributed by atoms with Crippen molar-refractivity contribution in [3.8, 4) is 21.1 Å². The molecule has 0 spiro atoms. The highest BCUT2D eigenvalue weighted by molar-refractivity contribution is 7.22. The number of anilines is 6. The van der Waals surface area contributed by atoms with Crippen molar-refractivity contribution in [2.45, 2.75) is 0 Å². The maximum atomic E-state index is 6.65. The summed E-state index contributed by atoms with van der Waals surface area (Å²) in [4.78, 5) is 18.8. The maximum absolute atomic E-state index is 6.65. The summed E-state index contributed by atoms with van der Waals surface area (Å²) in [6.07, 6.45) is 3.70. The van der Waals surface area contributed by atoms with Crippen LogP contribution >= 0.6 is 22.7 Å². The Morgan fingerprint density at radius 2 is 0.951 bits per heavy atom. The van der Waals surface area contributed by atoms with Crippen LogP contribution in [0.4, 0.5) is 34.1 Å². The molecule has 0 bridgehead atoms. The van der Waals surface area contributed by atoms with Gasteiger partial charge >= 0.3 is 0 Å². The first kappa shape index (κ1) is 35.3. The number of furan rings is 1. The van der Waals surface area contributed by atoms with Crippen LogP contribution < -0.4 is 9.80 Å². The molecule has 0 atom stereocenters. The van der Waals surface area contributed by atoms with Crippen LogP contribution in [0.15, 0.2) is 205 Å². The smallest absolute Gasteiger partial charge is 0.137 e. The molecule has 0 aliphatic heterocycles. The first-order valence-corrected chi connectivity index (χ1v) is 21.7. The Hall–Kier alpha value is -7.65. The number of pyridine rings is 1. The van der Waals surface area contributed by atoms with E-state index in [1.54, 1.807) is 28.9 Å². The van der Waals surface area contributed by atoms with Gasteiger partial charge < -0.3 is 14.2 Å². The van der Waals surface area contributed by atoms with Gasteiger partial charge in [-0.2, -0.15) is 0 Å². The van der Waals surface area contributed by atoms with E-state index < -0.39 is 0 Å². The lowest BCUT2D eigenvalue weighted by Crippen LogP contribution is -2.10. The summed E-state index contributed by atoms with van der Waals surface area (Å²) in [6.45, 7) is 0. The Bertz CT molecular complexity index is 3310. The molecular formula is C53H33N5OS2. The van der Waals surface area contributed by atoms with Gasteiger partial charge in [-0.25, -0.2) is 9.97 Å². The van der Waals surface area contributed by atoms with Crippen molar-refractivity contribution in [3.05, 3.63) is 200 Å². The van der Waals surface area contributed by atoms with Gasteiger partial charge in [0.25, 0.3) is 0 Å². The van der Waals surface area contributed by atoms with Crippen molar-refractivity contribution < 1.29 is 4.42 Å². The van der Waals surface area contributed by atoms with Gasteiger partial charge in [0.05, 0.1) is 32.3 Å². The van der Waals surface area contributed by atoms with Gasteiger partial charge in [-0.1, -0.05) is 54.6 Å². The lowest BCUT2D eigenvalue weighted by Gasteiger charge is -2.26. The average molecular weight is 820 g/mol. The third kappa shape index (κ3) is 6.28. The largest absolute Gasteiger partial charge is 0.456 e. The molecule has 6 nitrogen and oxygen atoms in total. The topological polar surface area (TPSA) is 58.3 Å². The molecule has 0 radical (unpaired) electrons. The van der Waals surface area contributed by atoms with E-state index in [0.717, 1.165) is 99.0 Å². The molecule has 8 heteroatoms. The van der Waals surface area contributed by atoms with Gasteiger partial charge in [-0.05, 0) is 138 Å². The highest BCUT2D eigenvalue weighted by Gasteiger charge is 2.19. The van der Waals surface area contributed by atoms with Crippen LogP contribution in [0.3, 0.4) is 0 Å². The van der Waals surface area contributed by atoms with Crippen molar-refractivity contribution >= 4 is 110 Å². The number of thiazole rings is 2. The van der Waals surface area contributed by atoms with Gasteiger partial charge in [-0.15, -0.1) is 22.7 Å². The molecule has 4 heterocycles. The van der Waals surface area contributed by atoms with Crippen LogP contribution in [0.2, 0.25) is 0 Å². The summed E-state index contributed by atoms with van der Waals surface area (Å²) in [7, 11) is 0. The molecule has 0 N–H and O–H groups in total. The second-order valence-electron chi connectivity index (χ2n) is 14.9. The number of aromatic nitrogens is 3. The molecule has 0 unspecified atom stereocenters. The number of fused-ring (bicyclic) bond motifs is 7. The quantitative estimate of drug-likeness (QED) is 0.152. The summed E-state index contributed by atoms with van der Waals surface area (Å²) < 4.78 is 9.02. The molecule has 12 rings (SSSR count). The Morgan fingerprint density at radius 3 is 1.57 bits per heavy atom. The van der Waals surface area contributed by atoms with Gasteiger partial charge in [-0.3, -0.25) is 4.98 Å². The van der Waals surface area contributed by atoms with Gasteiger partial charge in [0.15, 0.2) is 0 Å². The van der Waals surface area contributed by atoms with Crippen LogP contribution in [-0.2, 0) is 0 Å². The normalized spacial score (nSPS) is 11.6. The van der Waals surface area contributed by atoms with Crippen LogP contribution in [0.5, 0.6) is 0 Å². The van der Waals surface area contributed by atoms with Gasteiger partial charge in [0.2, 0.25) is 0 Å². The predicted molar refractivity (Wildman–Crippen MR) is 256 cm³/mol. The number of rotatable bonds is 8. The van der Waals surface area contributed by atoms with Crippen LogP contribution in [-0.4, -0.2) is 15.0 Å². The molecule has 4 aromatic heterocycles. The second-order valence-corrected chi connectivity index (χ2v) is 17.0. The van der Waals surface area contributed by atoms with E-state index in [-0.39, 0.29) is 0 Å². The fourth-order valence-electron chi connectivity index (χ4n) is 8.31. The summed E-state index contributed by atoms with van der Waals surface area (Å²) in [5.74, 6) is 0. The van der Waals surface area contributed by atoms with Crippen LogP contribution in [0, 0.1) is 0 Å². The fraction of sp³-hybridized carbons (Fsp3) is 0. The highest BCUT2D eigenvalue weighted by Crippen LogP contribution is 2.43. The molecular weight excluding hydrogens is 787 g/mol. The Balaban J connectivity index is 0.909. The van der Waals surface area contributed by atoms with Crippen LogP contribution in [0.1, 0.15) is 0 Å². The SMILES string of the molecule is c1ccc(N(c2ccc(-c3nc4ccccc4s3)cc2)c2ccc3c(ccc4oc5cc(N(c6ccc(-c7nc8ccccc8s7)cc6)c6cccnc6)ccc5c43)c2)cc1. The second kappa shape index (κ2) is 14.6. The molecule has 0 saturated carbocycles. The molecule has 0 fully saturated rings. The molecule has 12 aromatic rings. The zero-order chi connectivity index (χ0) is 40.3. The third-order valence-electron chi connectivity index (χ3n) is 11.2. The van der Waals surface area contributed by atoms with E-state index in [4.69, 9.17) is 14.4 Å². The predicted octanol–water partition coefficient (Wildman–Crippen LogP) is 15.6. The van der Waals surface area contributed by atoms with E-state index in [0.29, 0.717) is 0 Å². The zero-order valence-electron chi connectivity index (χ0n) is 32.5. The third-order valence-corrected chi connectivity index (χ3v) is 13.4. The van der Waals surface area contributed by atoms with E-state index in [9.17, 15) is 0 Å². The lowest BCUT2D eigenvalue weighted by molar-refractivity contribution is 0.669. The van der Waals surface area contributed by atoms with E-state index in [1.807, 2.05) is 24.4 Å². The molecule has 8 aromatic carbocycles. The maximum Gasteiger partial charge on any atom is 0.137 e. The number of para-hydroxylation sites is 3. The minimum atomic E-state index is 0.822. The van der Waals surface area contributed by atoms with Gasteiger partial charge in [0, 0.05) is 62.6 Å². The van der Waals surface area contributed by atoms with E-state index in [2.05, 4.69) is 185 Å². The van der Waals surface area contributed by atoms with E-state index >= 15 is 0 Å². The first-order valence-electron chi connectivity index (χ1n) is 20.1. The number of benzene rings is 8. The minimum Gasteiger partial charge on any atom is -0.456 e. The summed E-state index contributed by atoms with van der Waals surface area (Å²) in [6, 6.07) is 66.0. The van der Waals surface area contributed by atoms with Crippen LogP contribution in [0.25, 0.3) is 74.3 Å². The molecule has 0 amide bonds. The molecule has 61 heavy (non-hydrogen) atoms. The Labute approximate surface area is 358 Å². The standard InChI is InChI=1S/C53H33N5OS2/c1-2-9-37(10-3-1)57(38-21-16-34(17-22-38)52-55-45-12-4-6-14-49(45)60-52)40-25-27-43-36(31-40)20-29-47-51(43)44-28-26-41(32-48(44)59-47)58(42-11-8-30-54-33-42)39-23-18-35(19-24-39)53-56-46-13-5-7-15-50(46)61-53/h1-33H. The zero-order valence-corrected chi connectivity index (χ0v) is 34.1. The van der Waals surface area contributed by atoms with Crippen molar-refractivity contribution in [1.82, 2.24) is 15.0 Å².